The molecule has 1 aliphatic rings. The van der Waals surface area contributed by atoms with E-state index in [1.165, 1.54) is 12.7 Å². The zero-order valence-electron chi connectivity index (χ0n) is 8.79. The minimum Gasteiger partial charge on any atom is -0.493 e. The van der Waals surface area contributed by atoms with Gasteiger partial charge in [-0.15, -0.1) is 0 Å². The molecule has 0 aromatic heterocycles. The first kappa shape index (κ1) is 10.0. The third kappa shape index (κ3) is 2.29. The number of hydrogen-bond acceptors (Lipinski definition) is 3. The molecule has 2 rings (SSSR count). The van der Waals surface area contributed by atoms with E-state index in [0.717, 1.165) is 30.8 Å². The van der Waals surface area contributed by atoms with Crippen LogP contribution < -0.4 is 4.74 Å². The van der Waals surface area contributed by atoms with Gasteiger partial charge in [-0.3, -0.25) is 4.79 Å². The second kappa shape index (κ2) is 4.34. The number of carbonyl (C=O) groups excluding carboxylic acids is 1. The van der Waals surface area contributed by atoms with Gasteiger partial charge in [0.2, 0.25) is 0 Å². The molecule has 0 fully saturated rings. The van der Waals surface area contributed by atoms with Gasteiger partial charge < -0.3 is 9.47 Å². The van der Waals surface area contributed by atoms with Crippen LogP contribution in [0.3, 0.4) is 0 Å². The third-order valence-electron chi connectivity index (χ3n) is 2.55. The summed E-state index contributed by atoms with van der Waals surface area (Å²) in [5, 5.41) is 0. The lowest BCUT2D eigenvalue weighted by Crippen LogP contribution is -2.10. The van der Waals surface area contributed by atoms with Crippen molar-refractivity contribution in [3.05, 3.63) is 29.3 Å². The van der Waals surface area contributed by atoms with Crippen LogP contribution in [0, 0.1) is 0 Å². The van der Waals surface area contributed by atoms with Crippen molar-refractivity contribution in [3.63, 3.8) is 0 Å². The van der Waals surface area contributed by atoms with E-state index in [0.29, 0.717) is 6.42 Å². The number of carbonyl (C=O) groups is 1. The SMILES string of the molecule is COC(=O)Cc1ccc2c(c1)CCCO2. The molecule has 0 unspecified atom stereocenters. The molecule has 0 amide bonds. The van der Waals surface area contributed by atoms with Crippen molar-refractivity contribution in [1.29, 1.82) is 0 Å². The molecule has 0 N–H and O–H groups in total. The van der Waals surface area contributed by atoms with Gasteiger partial charge in [-0.1, -0.05) is 12.1 Å². The Morgan fingerprint density at radius 2 is 2.40 bits per heavy atom. The molecule has 0 spiro atoms. The van der Waals surface area contributed by atoms with Crippen LogP contribution in [0.2, 0.25) is 0 Å². The Kier molecular flexibility index (Phi) is 2.90. The van der Waals surface area contributed by atoms with E-state index >= 15 is 0 Å². The van der Waals surface area contributed by atoms with E-state index in [2.05, 4.69) is 4.74 Å². The van der Waals surface area contributed by atoms with Crippen LogP contribution in [0.15, 0.2) is 18.2 Å². The summed E-state index contributed by atoms with van der Waals surface area (Å²) in [6.07, 6.45) is 2.42. The number of benzene rings is 1. The Morgan fingerprint density at radius 1 is 1.53 bits per heavy atom. The molecule has 1 aliphatic heterocycles. The summed E-state index contributed by atoms with van der Waals surface area (Å²) < 4.78 is 10.1. The molecular formula is C12H14O3. The summed E-state index contributed by atoms with van der Waals surface area (Å²) in [6, 6.07) is 5.89. The number of aryl methyl sites for hydroxylation is 1. The fourth-order valence-electron chi connectivity index (χ4n) is 1.76. The monoisotopic (exact) mass is 206 g/mol. The Morgan fingerprint density at radius 3 is 3.20 bits per heavy atom. The van der Waals surface area contributed by atoms with Gasteiger partial charge in [-0.2, -0.15) is 0 Å². The molecule has 3 nitrogen and oxygen atoms in total. The molecule has 1 heterocycles. The van der Waals surface area contributed by atoms with Crippen molar-refractivity contribution >= 4 is 5.97 Å². The maximum absolute atomic E-state index is 11.1. The first-order valence-electron chi connectivity index (χ1n) is 5.11. The zero-order chi connectivity index (χ0) is 10.7. The smallest absolute Gasteiger partial charge is 0.309 e. The van der Waals surface area contributed by atoms with Crippen LogP contribution in [-0.4, -0.2) is 19.7 Å². The van der Waals surface area contributed by atoms with Gasteiger partial charge in [-0.05, 0) is 30.0 Å². The van der Waals surface area contributed by atoms with Crippen LogP contribution in [0.25, 0.3) is 0 Å². The molecule has 15 heavy (non-hydrogen) atoms. The maximum Gasteiger partial charge on any atom is 0.309 e. The lowest BCUT2D eigenvalue weighted by molar-refractivity contribution is -0.139. The number of fused-ring (bicyclic) bond motifs is 1. The van der Waals surface area contributed by atoms with E-state index in [1.807, 2.05) is 18.2 Å². The predicted molar refractivity (Wildman–Crippen MR) is 56.0 cm³/mol. The van der Waals surface area contributed by atoms with Crippen molar-refractivity contribution in [2.24, 2.45) is 0 Å². The molecule has 80 valence electrons. The van der Waals surface area contributed by atoms with Crippen LogP contribution in [0.5, 0.6) is 5.75 Å². The Bertz CT molecular complexity index is 371. The number of hydrogen-bond donors (Lipinski definition) is 0. The molecule has 0 atom stereocenters. The molecule has 0 saturated carbocycles. The van der Waals surface area contributed by atoms with Crippen molar-refractivity contribution in [2.45, 2.75) is 19.3 Å². The molecular weight excluding hydrogens is 192 g/mol. The zero-order valence-corrected chi connectivity index (χ0v) is 8.79. The number of rotatable bonds is 2. The van der Waals surface area contributed by atoms with Crippen molar-refractivity contribution < 1.29 is 14.3 Å². The predicted octanol–water partition coefficient (Wildman–Crippen LogP) is 1.73. The van der Waals surface area contributed by atoms with Gasteiger partial charge in [0, 0.05) is 0 Å². The highest BCUT2D eigenvalue weighted by Crippen LogP contribution is 2.25. The van der Waals surface area contributed by atoms with Gasteiger partial charge in [0.05, 0.1) is 20.1 Å². The van der Waals surface area contributed by atoms with Crippen molar-refractivity contribution in [3.8, 4) is 5.75 Å². The summed E-state index contributed by atoms with van der Waals surface area (Å²) in [4.78, 5) is 11.1. The maximum atomic E-state index is 11.1. The molecule has 3 heteroatoms. The van der Waals surface area contributed by atoms with E-state index in [-0.39, 0.29) is 5.97 Å². The quantitative estimate of drug-likeness (QED) is 0.691. The van der Waals surface area contributed by atoms with Crippen LogP contribution in [0.1, 0.15) is 17.5 Å². The van der Waals surface area contributed by atoms with Gasteiger partial charge in [0.1, 0.15) is 5.75 Å². The molecule has 0 bridgehead atoms. The summed E-state index contributed by atoms with van der Waals surface area (Å²) in [7, 11) is 1.41. The standard InChI is InChI=1S/C12H14O3/c1-14-12(13)8-9-4-5-11-10(7-9)3-2-6-15-11/h4-5,7H,2-3,6,8H2,1H3. The highest BCUT2D eigenvalue weighted by atomic mass is 16.5. The topological polar surface area (TPSA) is 35.5 Å². The Labute approximate surface area is 89.0 Å². The van der Waals surface area contributed by atoms with E-state index in [4.69, 9.17) is 4.74 Å². The van der Waals surface area contributed by atoms with Gasteiger partial charge in [0.15, 0.2) is 0 Å². The Hall–Kier alpha value is -1.51. The Balaban J connectivity index is 2.17. The summed E-state index contributed by atoms with van der Waals surface area (Å²) in [6.45, 7) is 0.795. The molecule has 0 radical (unpaired) electrons. The van der Waals surface area contributed by atoms with Gasteiger partial charge >= 0.3 is 5.97 Å². The van der Waals surface area contributed by atoms with E-state index < -0.39 is 0 Å². The summed E-state index contributed by atoms with van der Waals surface area (Å²) in [5.74, 6) is 0.751. The van der Waals surface area contributed by atoms with Gasteiger partial charge in [-0.25, -0.2) is 0 Å². The molecule has 1 aromatic rings. The van der Waals surface area contributed by atoms with Crippen LogP contribution in [-0.2, 0) is 22.4 Å². The first-order chi connectivity index (χ1) is 7.29. The number of ether oxygens (including phenoxy) is 2. The fraction of sp³-hybridized carbons (Fsp3) is 0.417. The highest BCUT2D eigenvalue weighted by Gasteiger charge is 2.11. The summed E-state index contributed by atoms with van der Waals surface area (Å²) >= 11 is 0. The highest BCUT2D eigenvalue weighted by molar-refractivity contribution is 5.72. The second-order valence-electron chi connectivity index (χ2n) is 3.65. The van der Waals surface area contributed by atoms with Crippen molar-refractivity contribution in [1.82, 2.24) is 0 Å². The lowest BCUT2D eigenvalue weighted by atomic mass is 10.0. The largest absolute Gasteiger partial charge is 0.493 e. The second-order valence-corrected chi connectivity index (χ2v) is 3.65. The average molecular weight is 206 g/mol. The minimum atomic E-state index is -0.202. The normalized spacial score (nSPS) is 13.9. The van der Waals surface area contributed by atoms with Crippen LogP contribution in [0.4, 0.5) is 0 Å². The van der Waals surface area contributed by atoms with Crippen molar-refractivity contribution in [2.75, 3.05) is 13.7 Å². The van der Waals surface area contributed by atoms with E-state index in [1.54, 1.807) is 0 Å². The summed E-state index contributed by atoms with van der Waals surface area (Å²) in [5.41, 5.74) is 2.19. The fourth-order valence-corrected chi connectivity index (χ4v) is 1.76. The minimum absolute atomic E-state index is 0.202. The van der Waals surface area contributed by atoms with Crippen LogP contribution >= 0.6 is 0 Å². The lowest BCUT2D eigenvalue weighted by Gasteiger charge is -2.17. The molecule has 0 aliphatic carbocycles. The van der Waals surface area contributed by atoms with E-state index in [9.17, 15) is 4.79 Å². The number of methoxy groups -OCH3 is 1. The number of esters is 1. The molecule has 1 aromatic carbocycles. The van der Waals surface area contributed by atoms with Gasteiger partial charge in [0.25, 0.3) is 0 Å². The molecule has 0 saturated heterocycles. The third-order valence-corrected chi connectivity index (χ3v) is 2.55. The first-order valence-corrected chi connectivity index (χ1v) is 5.11. The average Bonchev–Trinajstić information content (AvgIpc) is 2.29.